The minimum absolute atomic E-state index is 0.268. The first kappa shape index (κ1) is 14.8. The number of anilines is 1. The highest BCUT2D eigenvalue weighted by Gasteiger charge is 2.07. The molecule has 0 bridgehead atoms. The maximum absolute atomic E-state index is 11.7. The monoisotopic (exact) mass is 288 g/mol. The van der Waals surface area contributed by atoms with Gasteiger partial charge in [-0.1, -0.05) is 36.4 Å². The Hall–Kier alpha value is -2.60. The fourth-order valence-electron chi connectivity index (χ4n) is 1.85. The fraction of sp³-hybridized carbons (Fsp3) is 0.200. The van der Waals surface area contributed by atoms with Crippen molar-refractivity contribution in [3.8, 4) is 0 Å². The van der Waals surface area contributed by atoms with Gasteiger partial charge >= 0.3 is 12.0 Å². The highest BCUT2D eigenvalue weighted by atomic mass is 16.7. The van der Waals surface area contributed by atoms with E-state index in [2.05, 4.69) is 15.5 Å². The van der Waals surface area contributed by atoms with Gasteiger partial charge in [-0.2, -0.15) is 0 Å². The third-order valence-electron chi connectivity index (χ3n) is 2.70. The summed E-state index contributed by atoms with van der Waals surface area (Å²) in [5, 5.41) is 4.60. The number of rotatable bonds is 5. The lowest BCUT2D eigenvalue weighted by Crippen LogP contribution is -2.31. The molecular weight excluding hydrogens is 272 g/mol. The van der Waals surface area contributed by atoms with Crippen LogP contribution in [0.1, 0.15) is 6.92 Å². The molecule has 2 amide bonds. The number of amides is 2. The molecule has 0 aliphatic heterocycles. The van der Waals surface area contributed by atoms with Gasteiger partial charge in [0.25, 0.3) is 0 Å². The molecule has 0 radical (unpaired) electrons. The second kappa shape index (κ2) is 7.25. The molecule has 0 spiro atoms. The molecule has 21 heavy (non-hydrogen) atoms. The number of carbonyl (C=O) groups is 2. The van der Waals surface area contributed by atoms with Crippen LogP contribution in [0.15, 0.2) is 42.5 Å². The van der Waals surface area contributed by atoms with Crippen molar-refractivity contribution in [1.29, 1.82) is 0 Å². The summed E-state index contributed by atoms with van der Waals surface area (Å²) in [5.41, 5.74) is 2.79. The van der Waals surface area contributed by atoms with Crippen LogP contribution in [-0.2, 0) is 14.4 Å². The smallest absolute Gasteiger partial charge is 0.343 e. The quantitative estimate of drug-likeness (QED) is 0.654. The molecule has 0 heterocycles. The number of hydrogen-bond acceptors (Lipinski definition) is 4. The molecule has 0 aliphatic rings. The van der Waals surface area contributed by atoms with Gasteiger partial charge in [0.05, 0.1) is 12.3 Å². The lowest BCUT2D eigenvalue weighted by molar-refractivity contribution is -0.150. The van der Waals surface area contributed by atoms with Crippen LogP contribution in [0.4, 0.5) is 10.5 Å². The molecule has 2 aromatic rings. The van der Waals surface area contributed by atoms with Crippen LogP contribution in [-0.4, -0.2) is 25.2 Å². The van der Waals surface area contributed by atoms with Gasteiger partial charge in [0.15, 0.2) is 6.61 Å². The van der Waals surface area contributed by atoms with E-state index in [9.17, 15) is 9.59 Å². The maximum atomic E-state index is 11.7. The van der Waals surface area contributed by atoms with Crippen LogP contribution in [0.5, 0.6) is 0 Å². The van der Waals surface area contributed by atoms with Gasteiger partial charge in [-0.15, -0.1) is 0 Å². The molecule has 0 fully saturated rings. The molecule has 6 heteroatoms. The number of esters is 1. The van der Waals surface area contributed by atoms with E-state index in [1.165, 1.54) is 0 Å². The first-order valence-corrected chi connectivity index (χ1v) is 6.53. The van der Waals surface area contributed by atoms with E-state index in [4.69, 9.17) is 4.84 Å². The zero-order valence-corrected chi connectivity index (χ0v) is 11.6. The molecule has 0 atom stereocenters. The van der Waals surface area contributed by atoms with Gasteiger partial charge in [0, 0.05) is 5.39 Å². The van der Waals surface area contributed by atoms with Crippen LogP contribution >= 0.6 is 0 Å². The Morgan fingerprint density at radius 2 is 1.86 bits per heavy atom. The number of urea groups is 1. The maximum Gasteiger partial charge on any atom is 0.343 e. The van der Waals surface area contributed by atoms with Crippen molar-refractivity contribution in [2.75, 3.05) is 18.5 Å². The summed E-state index contributed by atoms with van der Waals surface area (Å²) < 4.78 is 4.66. The first-order valence-electron chi connectivity index (χ1n) is 6.53. The summed E-state index contributed by atoms with van der Waals surface area (Å²) in [4.78, 5) is 27.5. The summed E-state index contributed by atoms with van der Waals surface area (Å²) in [7, 11) is 0. The van der Waals surface area contributed by atoms with Crippen LogP contribution in [0.2, 0.25) is 0 Å². The van der Waals surface area contributed by atoms with Crippen LogP contribution in [0.25, 0.3) is 10.8 Å². The van der Waals surface area contributed by atoms with E-state index >= 15 is 0 Å². The Labute approximate surface area is 122 Å². The van der Waals surface area contributed by atoms with E-state index in [1.54, 1.807) is 13.0 Å². The predicted molar refractivity (Wildman–Crippen MR) is 78.7 cm³/mol. The number of carbonyl (C=O) groups excluding carboxylic acids is 2. The lowest BCUT2D eigenvalue weighted by atomic mass is 10.1. The van der Waals surface area contributed by atoms with E-state index in [-0.39, 0.29) is 13.2 Å². The minimum atomic E-state index is -0.560. The Kier molecular flexibility index (Phi) is 5.11. The molecule has 0 aliphatic carbocycles. The SMILES string of the molecule is CCOC(=O)CONC(=O)Nc1cccc2ccccc12. The standard InChI is InChI=1S/C15H16N2O4/c1-2-20-14(18)10-21-17-15(19)16-13-9-5-7-11-6-3-4-8-12(11)13/h3-9H,2,10H2,1H3,(H2,16,17,19). The van der Waals surface area contributed by atoms with Gasteiger partial charge in [-0.05, 0) is 18.4 Å². The zero-order chi connectivity index (χ0) is 15.1. The van der Waals surface area contributed by atoms with E-state index < -0.39 is 12.0 Å². The number of hydrogen-bond donors (Lipinski definition) is 2. The third-order valence-corrected chi connectivity index (χ3v) is 2.70. The van der Waals surface area contributed by atoms with Crippen molar-refractivity contribution in [2.45, 2.75) is 6.92 Å². The van der Waals surface area contributed by atoms with Gasteiger partial charge in [-0.3, -0.25) is 4.84 Å². The van der Waals surface area contributed by atoms with Crippen LogP contribution in [0.3, 0.4) is 0 Å². The van der Waals surface area contributed by atoms with Crippen molar-refractivity contribution in [3.63, 3.8) is 0 Å². The molecule has 6 nitrogen and oxygen atoms in total. The summed E-state index contributed by atoms with van der Waals surface area (Å²) in [6.45, 7) is 1.62. The molecule has 2 rings (SSSR count). The minimum Gasteiger partial charge on any atom is -0.464 e. The summed E-state index contributed by atoms with van der Waals surface area (Å²) >= 11 is 0. The molecule has 0 saturated carbocycles. The Morgan fingerprint density at radius 1 is 1.10 bits per heavy atom. The lowest BCUT2D eigenvalue weighted by Gasteiger charge is -2.09. The average molecular weight is 288 g/mol. The average Bonchev–Trinajstić information content (AvgIpc) is 2.48. The molecule has 2 N–H and O–H groups in total. The molecule has 110 valence electrons. The second-order valence-corrected chi connectivity index (χ2v) is 4.18. The summed E-state index contributed by atoms with van der Waals surface area (Å²) in [6, 6.07) is 12.7. The van der Waals surface area contributed by atoms with Crippen molar-refractivity contribution < 1.29 is 19.2 Å². The molecular formula is C15H16N2O4. The van der Waals surface area contributed by atoms with E-state index in [1.807, 2.05) is 36.4 Å². The summed E-state index contributed by atoms with van der Waals surface area (Å²) in [6.07, 6.45) is 0. The Bertz CT molecular complexity index is 637. The molecule has 0 aromatic heterocycles. The number of fused-ring (bicyclic) bond motifs is 1. The molecule has 0 unspecified atom stereocenters. The zero-order valence-electron chi connectivity index (χ0n) is 11.6. The number of hydroxylamine groups is 1. The topological polar surface area (TPSA) is 76.7 Å². The van der Waals surface area contributed by atoms with Crippen LogP contribution in [0, 0.1) is 0 Å². The number of benzene rings is 2. The predicted octanol–water partition coefficient (Wildman–Crippen LogP) is 2.46. The van der Waals surface area contributed by atoms with Crippen molar-refractivity contribution in [3.05, 3.63) is 42.5 Å². The summed E-state index contributed by atoms with van der Waals surface area (Å²) in [5.74, 6) is -0.539. The van der Waals surface area contributed by atoms with Crippen molar-refractivity contribution >= 4 is 28.5 Å². The first-order chi connectivity index (χ1) is 10.2. The largest absolute Gasteiger partial charge is 0.464 e. The van der Waals surface area contributed by atoms with Gasteiger partial charge in [-0.25, -0.2) is 15.1 Å². The number of ether oxygens (including phenoxy) is 1. The fourth-order valence-corrected chi connectivity index (χ4v) is 1.85. The van der Waals surface area contributed by atoms with Gasteiger partial charge in [0.2, 0.25) is 0 Å². The third kappa shape index (κ3) is 4.19. The molecule has 0 saturated heterocycles. The molecule has 2 aromatic carbocycles. The van der Waals surface area contributed by atoms with Gasteiger partial charge in [0.1, 0.15) is 0 Å². The Balaban J connectivity index is 1.91. The van der Waals surface area contributed by atoms with E-state index in [0.717, 1.165) is 10.8 Å². The highest BCUT2D eigenvalue weighted by molar-refractivity contribution is 6.01. The van der Waals surface area contributed by atoms with Crippen LogP contribution < -0.4 is 10.8 Å². The van der Waals surface area contributed by atoms with E-state index in [0.29, 0.717) is 5.69 Å². The Morgan fingerprint density at radius 3 is 2.67 bits per heavy atom. The van der Waals surface area contributed by atoms with Crippen molar-refractivity contribution in [1.82, 2.24) is 5.48 Å². The van der Waals surface area contributed by atoms with Gasteiger partial charge < -0.3 is 10.1 Å². The highest BCUT2D eigenvalue weighted by Crippen LogP contribution is 2.22. The van der Waals surface area contributed by atoms with Crippen molar-refractivity contribution in [2.24, 2.45) is 0 Å². The number of nitrogens with one attached hydrogen (secondary N) is 2. The second-order valence-electron chi connectivity index (χ2n) is 4.18. The normalized spacial score (nSPS) is 10.1.